The van der Waals surface area contributed by atoms with Gasteiger partial charge in [-0.05, 0) is 18.2 Å². The smallest absolute Gasteiger partial charge is 0.339 e. The summed E-state index contributed by atoms with van der Waals surface area (Å²) >= 11 is 0. The number of hydrogen-bond donors (Lipinski definition) is 1. The van der Waals surface area contributed by atoms with Crippen molar-refractivity contribution in [3.05, 3.63) is 72.2 Å². The summed E-state index contributed by atoms with van der Waals surface area (Å²) in [4.78, 5) is 11.4. The van der Waals surface area contributed by atoms with Crippen LogP contribution in [0.25, 0.3) is 16.9 Å². The van der Waals surface area contributed by atoms with Crippen molar-refractivity contribution in [3.63, 3.8) is 0 Å². The fourth-order valence-electron chi connectivity index (χ4n) is 2.09. The molecule has 0 radical (unpaired) electrons. The summed E-state index contributed by atoms with van der Waals surface area (Å²) in [6.45, 7) is 0. The minimum absolute atomic E-state index is 0.0745. The summed E-state index contributed by atoms with van der Waals surface area (Å²) < 4.78 is 14.7. The molecule has 0 spiro atoms. The topological polar surface area (TPSA) is 55.1 Å². The Labute approximate surface area is 120 Å². The highest BCUT2D eigenvalue weighted by molar-refractivity contribution is 5.94. The molecule has 0 fully saturated rings. The molecular formula is C16H11FN2O2. The molecule has 5 heteroatoms. The van der Waals surface area contributed by atoms with E-state index in [1.54, 1.807) is 24.3 Å². The lowest BCUT2D eigenvalue weighted by molar-refractivity contribution is 0.0697. The van der Waals surface area contributed by atoms with E-state index in [1.165, 1.54) is 23.0 Å². The Morgan fingerprint density at radius 1 is 1.10 bits per heavy atom. The van der Waals surface area contributed by atoms with Crippen LogP contribution in [0.15, 0.2) is 60.8 Å². The highest BCUT2D eigenvalue weighted by Crippen LogP contribution is 2.23. The Kier molecular flexibility index (Phi) is 3.23. The maximum Gasteiger partial charge on any atom is 0.339 e. The lowest BCUT2D eigenvalue weighted by atomic mass is 10.1. The molecule has 0 bridgehead atoms. The molecule has 3 aromatic rings. The number of carboxylic acid groups (broad SMARTS) is 1. The Balaban J connectivity index is 2.15. The van der Waals surface area contributed by atoms with E-state index < -0.39 is 11.8 Å². The summed E-state index contributed by atoms with van der Waals surface area (Å²) in [5, 5.41) is 13.6. The van der Waals surface area contributed by atoms with Crippen LogP contribution in [0.4, 0.5) is 4.39 Å². The van der Waals surface area contributed by atoms with Gasteiger partial charge < -0.3 is 5.11 Å². The van der Waals surface area contributed by atoms with E-state index in [4.69, 9.17) is 0 Å². The van der Waals surface area contributed by atoms with Gasteiger partial charge in [0.1, 0.15) is 17.1 Å². The molecule has 0 aliphatic rings. The second-order valence-electron chi connectivity index (χ2n) is 4.49. The molecule has 0 saturated carbocycles. The molecule has 1 heterocycles. The van der Waals surface area contributed by atoms with Gasteiger partial charge >= 0.3 is 5.97 Å². The second-order valence-corrected chi connectivity index (χ2v) is 4.49. The number of nitrogens with zero attached hydrogens (tertiary/aromatic N) is 2. The van der Waals surface area contributed by atoms with Gasteiger partial charge in [0, 0.05) is 11.8 Å². The van der Waals surface area contributed by atoms with E-state index in [-0.39, 0.29) is 5.56 Å². The second kappa shape index (κ2) is 5.20. The molecule has 0 amide bonds. The quantitative estimate of drug-likeness (QED) is 0.801. The van der Waals surface area contributed by atoms with Crippen molar-refractivity contribution in [1.29, 1.82) is 0 Å². The predicted octanol–water partition coefficient (Wildman–Crippen LogP) is 3.38. The van der Waals surface area contributed by atoms with Crippen LogP contribution in [0.3, 0.4) is 0 Å². The van der Waals surface area contributed by atoms with Crippen LogP contribution < -0.4 is 0 Å². The number of aromatic carboxylic acids is 1. The van der Waals surface area contributed by atoms with Crippen molar-refractivity contribution in [3.8, 4) is 16.9 Å². The summed E-state index contributed by atoms with van der Waals surface area (Å²) in [6.07, 6.45) is 1.39. The lowest BCUT2D eigenvalue weighted by Crippen LogP contribution is -1.96. The van der Waals surface area contributed by atoms with Crippen molar-refractivity contribution < 1.29 is 14.3 Å². The number of benzene rings is 2. The van der Waals surface area contributed by atoms with Crippen LogP contribution >= 0.6 is 0 Å². The summed E-state index contributed by atoms with van der Waals surface area (Å²) in [7, 11) is 0. The van der Waals surface area contributed by atoms with E-state index in [9.17, 15) is 14.3 Å². The first-order valence-corrected chi connectivity index (χ1v) is 6.29. The third-order valence-corrected chi connectivity index (χ3v) is 3.06. The van der Waals surface area contributed by atoms with Gasteiger partial charge in [0.2, 0.25) is 0 Å². The molecular weight excluding hydrogens is 271 g/mol. The highest BCUT2D eigenvalue weighted by atomic mass is 19.1. The fourth-order valence-corrected chi connectivity index (χ4v) is 2.09. The van der Waals surface area contributed by atoms with Crippen molar-refractivity contribution in [2.45, 2.75) is 0 Å². The first kappa shape index (κ1) is 13.1. The molecule has 0 atom stereocenters. The van der Waals surface area contributed by atoms with Crippen molar-refractivity contribution in [2.24, 2.45) is 0 Å². The van der Waals surface area contributed by atoms with Gasteiger partial charge in [0.05, 0.1) is 5.69 Å². The van der Waals surface area contributed by atoms with Gasteiger partial charge in [-0.25, -0.2) is 13.9 Å². The Hall–Kier alpha value is -2.95. The summed E-state index contributed by atoms with van der Waals surface area (Å²) in [5.41, 5.74) is 1.60. The number of rotatable bonds is 3. The van der Waals surface area contributed by atoms with Gasteiger partial charge in [0.15, 0.2) is 0 Å². The SMILES string of the molecule is O=C(O)c1cn(-c2cccc(F)c2)nc1-c1ccccc1. The van der Waals surface area contributed by atoms with Crippen LogP contribution in [0.1, 0.15) is 10.4 Å². The average Bonchev–Trinajstić information content (AvgIpc) is 2.93. The number of carbonyl (C=O) groups is 1. The predicted molar refractivity (Wildman–Crippen MR) is 75.9 cm³/mol. The van der Waals surface area contributed by atoms with Crippen molar-refractivity contribution in [2.75, 3.05) is 0 Å². The Morgan fingerprint density at radius 2 is 1.86 bits per heavy atom. The molecule has 0 aliphatic carbocycles. The van der Waals surface area contributed by atoms with Gasteiger partial charge in [-0.3, -0.25) is 0 Å². The number of halogens is 1. The zero-order valence-corrected chi connectivity index (χ0v) is 10.9. The van der Waals surface area contributed by atoms with Crippen LogP contribution in [-0.4, -0.2) is 20.9 Å². The maximum absolute atomic E-state index is 13.3. The summed E-state index contributed by atoms with van der Waals surface area (Å²) in [5.74, 6) is -1.47. The van der Waals surface area contributed by atoms with Gasteiger partial charge in [-0.2, -0.15) is 5.10 Å². The first-order valence-electron chi connectivity index (χ1n) is 6.29. The molecule has 1 N–H and O–H groups in total. The monoisotopic (exact) mass is 282 g/mol. The van der Waals surface area contributed by atoms with E-state index >= 15 is 0 Å². The van der Waals surface area contributed by atoms with Crippen LogP contribution in [0, 0.1) is 5.82 Å². The average molecular weight is 282 g/mol. The normalized spacial score (nSPS) is 10.5. The van der Waals surface area contributed by atoms with Crippen LogP contribution in [0.5, 0.6) is 0 Å². The number of carboxylic acids is 1. The third kappa shape index (κ3) is 2.53. The van der Waals surface area contributed by atoms with Gasteiger partial charge in [-0.1, -0.05) is 36.4 Å². The van der Waals surface area contributed by atoms with Crippen LogP contribution in [0.2, 0.25) is 0 Å². The minimum Gasteiger partial charge on any atom is -0.478 e. The molecule has 104 valence electrons. The fraction of sp³-hybridized carbons (Fsp3) is 0. The molecule has 2 aromatic carbocycles. The van der Waals surface area contributed by atoms with Gasteiger partial charge in [-0.15, -0.1) is 0 Å². The molecule has 0 aliphatic heterocycles. The maximum atomic E-state index is 13.3. The molecule has 0 unspecified atom stereocenters. The minimum atomic E-state index is -1.07. The van der Waals surface area contributed by atoms with Crippen molar-refractivity contribution >= 4 is 5.97 Å². The largest absolute Gasteiger partial charge is 0.478 e. The third-order valence-electron chi connectivity index (χ3n) is 3.06. The first-order chi connectivity index (χ1) is 10.1. The van der Waals surface area contributed by atoms with Gasteiger partial charge in [0.25, 0.3) is 0 Å². The zero-order valence-electron chi connectivity index (χ0n) is 10.9. The van der Waals surface area contributed by atoms with E-state index in [2.05, 4.69) is 5.10 Å². The molecule has 3 rings (SSSR count). The van der Waals surface area contributed by atoms with Crippen LogP contribution in [-0.2, 0) is 0 Å². The zero-order chi connectivity index (χ0) is 14.8. The molecule has 1 aromatic heterocycles. The highest BCUT2D eigenvalue weighted by Gasteiger charge is 2.17. The number of hydrogen-bond acceptors (Lipinski definition) is 2. The molecule has 0 saturated heterocycles. The van der Waals surface area contributed by atoms with Crippen molar-refractivity contribution in [1.82, 2.24) is 9.78 Å². The molecule has 4 nitrogen and oxygen atoms in total. The Morgan fingerprint density at radius 3 is 2.52 bits per heavy atom. The standard InChI is InChI=1S/C16H11FN2O2/c17-12-7-4-8-13(9-12)19-10-14(16(20)21)15(18-19)11-5-2-1-3-6-11/h1-10H,(H,20,21). The van der Waals surface area contributed by atoms with E-state index in [0.717, 1.165) is 0 Å². The lowest BCUT2D eigenvalue weighted by Gasteiger charge is -2.00. The van der Waals surface area contributed by atoms with E-state index in [1.807, 2.05) is 18.2 Å². The number of aromatic nitrogens is 2. The summed E-state index contributed by atoms with van der Waals surface area (Å²) in [6, 6.07) is 14.9. The Bertz CT molecular complexity index is 797. The molecule has 21 heavy (non-hydrogen) atoms. The van der Waals surface area contributed by atoms with E-state index in [0.29, 0.717) is 16.9 Å².